The molecule has 0 aromatic heterocycles. The largest absolute Gasteiger partial charge is 0.312 e. The van der Waals surface area contributed by atoms with Crippen molar-refractivity contribution in [2.45, 2.75) is 29.6 Å². The van der Waals surface area contributed by atoms with Gasteiger partial charge in [0.05, 0.1) is 20.5 Å². The van der Waals surface area contributed by atoms with Crippen LogP contribution in [0.2, 0.25) is 5.02 Å². The van der Waals surface area contributed by atoms with Crippen LogP contribution in [0.1, 0.15) is 18.4 Å². The predicted octanol–water partition coefficient (Wildman–Crippen LogP) is 4.38. The molecule has 3 aromatic carbocycles. The van der Waals surface area contributed by atoms with Gasteiger partial charge in [-0.25, -0.2) is 16.8 Å². The van der Waals surface area contributed by atoms with Gasteiger partial charge in [0.1, 0.15) is 0 Å². The van der Waals surface area contributed by atoms with E-state index in [1.54, 1.807) is 36.1 Å². The van der Waals surface area contributed by atoms with E-state index in [4.69, 9.17) is 11.6 Å². The molecule has 2 N–H and O–H groups in total. The minimum absolute atomic E-state index is 0.0240. The van der Waals surface area contributed by atoms with Gasteiger partial charge < -0.3 is 4.90 Å². The summed E-state index contributed by atoms with van der Waals surface area (Å²) < 4.78 is 55.9. The van der Waals surface area contributed by atoms with Crippen LogP contribution in [0.4, 0.5) is 17.1 Å². The number of hydrogen-bond acceptors (Lipinski definition) is 5. The molecule has 0 atom stereocenters. The number of amides is 1. The van der Waals surface area contributed by atoms with Gasteiger partial charge in [0, 0.05) is 24.3 Å². The minimum Gasteiger partial charge on any atom is -0.312 e. The molecule has 0 bridgehead atoms. The number of halogens is 1. The van der Waals surface area contributed by atoms with E-state index >= 15 is 0 Å². The fourth-order valence-electron chi connectivity index (χ4n) is 3.66. The van der Waals surface area contributed by atoms with E-state index in [9.17, 15) is 21.6 Å². The van der Waals surface area contributed by atoms with E-state index in [-0.39, 0.29) is 32.1 Å². The number of carbonyl (C=O) groups excluding carboxylic acids is 1. The fourth-order valence-corrected chi connectivity index (χ4v) is 6.13. The Morgan fingerprint density at radius 2 is 1.50 bits per heavy atom. The molecular formula is C23H22ClN3O5S2. The maximum absolute atomic E-state index is 12.9. The number of para-hydroxylation sites is 1. The van der Waals surface area contributed by atoms with E-state index in [1.807, 2.05) is 0 Å². The number of nitrogens with zero attached hydrogens (tertiary/aromatic N) is 1. The van der Waals surface area contributed by atoms with Gasteiger partial charge in [0.25, 0.3) is 20.0 Å². The van der Waals surface area contributed by atoms with Crippen molar-refractivity contribution in [1.82, 2.24) is 0 Å². The van der Waals surface area contributed by atoms with Crippen molar-refractivity contribution in [3.05, 3.63) is 77.3 Å². The average Bonchev–Trinajstić information content (AvgIpc) is 3.21. The van der Waals surface area contributed by atoms with Gasteiger partial charge >= 0.3 is 0 Å². The highest BCUT2D eigenvalue weighted by atomic mass is 35.5. The number of hydrogen-bond donors (Lipinski definition) is 2. The molecule has 1 amide bonds. The van der Waals surface area contributed by atoms with Crippen LogP contribution in [-0.4, -0.2) is 29.3 Å². The molecule has 1 saturated heterocycles. The Bertz CT molecular complexity index is 1460. The molecule has 1 heterocycles. The van der Waals surface area contributed by atoms with Gasteiger partial charge in [-0.2, -0.15) is 0 Å². The topological polar surface area (TPSA) is 113 Å². The Balaban J connectivity index is 1.51. The molecule has 3 aromatic rings. The summed E-state index contributed by atoms with van der Waals surface area (Å²) in [5.74, 6) is 0.0240. The standard InChI is InChI=1S/C23H22ClN3O5S2/c1-16-15-19(12-13-22(16)27-14-4-7-23(27)28)34(31,32)25-17-8-10-18(11-9-17)33(29,30)26-21-6-3-2-5-20(21)24/h2-3,5-6,8-13,15,25-26H,4,7,14H2,1H3. The zero-order chi connectivity index (χ0) is 24.5. The lowest BCUT2D eigenvalue weighted by atomic mass is 10.2. The van der Waals surface area contributed by atoms with E-state index < -0.39 is 20.0 Å². The number of carbonyl (C=O) groups is 1. The third-order valence-electron chi connectivity index (χ3n) is 5.38. The summed E-state index contributed by atoms with van der Waals surface area (Å²) in [6, 6.07) is 16.3. The Kier molecular flexibility index (Phi) is 6.57. The first-order chi connectivity index (χ1) is 16.1. The van der Waals surface area contributed by atoms with E-state index in [1.165, 1.54) is 42.5 Å². The molecule has 1 fully saturated rings. The summed E-state index contributed by atoms with van der Waals surface area (Å²) in [5, 5.41) is 0.255. The molecule has 34 heavy (non-hydrogen) atoms. The van der Waals surface area contributed by atoms with E-state index in [0.717, 1.165) is 6.42 Å². The zero-order valence-corrected chi connectivity index (χ0v) is 20.5. The fraction of sp³-hybridized carbons (Fsp3) is 0.174. The Labute approximate surface area is 203 Å². The summed E-state index contributed by atoms with van der Waals surface area (Å²) in [6.07, 6.45) is 1.26. The highest BCUT2D eigenvalue weighted by molar-refractivity contribution is 7.93. The number of anilines is 3. The lowest BCUT2D eigenvalue weighted by Gasteiger charge is -2.19. The smallest absolute Gasteiger partial charge is 0.261 e. The molecule has 8 nitrogen and oxygen atoms in total. The molecule has 0 radical (unpaired) electrons. The van der Waals surface area contributed by atoms with Crippen molar-refractivity contribution in [2.24, 2.45) is 0 Å². The number of aryl methyl sites for hydroxylation is 1. The van der Waals surface area contributed by atoms with Crippen molar-refractivity contribution in [3.63, 3.8) is 0 Å². The summed E-state index contributed by atoms with van der Waals surface area (Å²) in [6.45, 7) is 2.37. The zero-order valence-electron chi connectivity index (χ0n) is 18.2. The first kappa shape index (κ1) is 24.1. The van der Waals surface area contributed by atoms with Crippen LogP contribution >= 0.6 is 11.6 Å². The predicted molar refractivity (Wildman–Crippen MR) is 132 cm³/mol. The van der Waals surface area contributed by atoms with Crippen molar-refractivity contribution < 1.29 is 21.6 Å². The van der Waals surface area contributed by atoms with Crippen molar-refractivity contribution in [2.75, 3.05) is 20.9 Å². The van der Waals surface area contributed by atoms with Gasteiger partial charge in [-0.15, -0.1) is 0 Å². The molecule has 1 aliphatic heterocycles. The lowest BCUT2D eigenvalue weighted by Crippen LogP contribution is -2.24. The van der Waals surface area contributed by atoms with Gasteiger partial charge in [-0.05, 0) is 73.5 Å². The molecule has 0 aliphatic carbocycles. The highest BCUT2D eigenvalue weighted by Crippen LogP contribution is 2.29. The highest BCUT2D eigenvalue weighted by Gasteiger charge is 2.24. The van der Waals surface area contributed by atoms with E-state index in [2.05, 4.69) is 9.44 Å². The van der Waals surface area contributed by atoms with Gasteiger partial charge in [-0.1, -0.05) is 23.7 Å². The lowest BCUT2D eigenvalue weighted by molar-refractivity contribution is -0.117. The van der Waals surface area contributed by atoms with Crippen LogP contribution in [-0.2, 0) is 24.8 Å². The maximum atomic E-state index is 12.9. The van der Waals surface area contributed by atoms with E-state index in [0.29, 0.717) is 24.2 Å². The summed E-state index contributed by atoms with van der Waals surface area (Å²) in [7, 11) is -7.84. The normalized spacial score (nSPS) is 14.3. The minimum atomic E-state index is -3.93. The molecule has 11 heteroatoms. The molecule has 0 unspecified atom stereocenters. The number of benzene rings is 3. The quantitative estimate of drug-likeness (QED) is 0.481. The Morgan fingerprint density at radius 3 is 2.12 bits per heavy atom. The molecule has 0 spiro atoms. The molecular weight excluding hydrogens is 498 g/mol. The molecule has 4 rings (SSSR count). The van der Waals surface area contributed by atoms with Crippen LogP contribution in [0.15, 0.2) is 76.5 Å². The molecule has 0 saturated carbocycles. The van der Waals surface area contributed by atoms with Crippen LogP contribution in [0.5, 0.6) is 0 Å². The summed E-state index contributed by atoms with van der Waals surface area (Å²) >= 11 is 6.02. The molecule has 1 aliphatic rings. The maximum Gasteiger partial charge on any atom is 0.261 e. The van der Waals surface area contributed by atoms with Gasteiger partial charge in [0.2, 0.25) is 5.91 Å². The number of sulfonamides is 2. The third-order valence-corrected chi connectivity index (χ3v) is 8.47. The van der Waals surface area contributed by atoms with Crippen LogP contribution in [0.25, 0.3) is 0 Å². The average molecular weight is 520 g/mol. The van der Waals surface area contributed by atoms with Crippen molar-refractivity contribution >= 4 is 54.6 Å². The molecule has 178 valence electrons. The van der Waals surface area contributed by atoms with Gasteiger partial charge in [-0.3, -0.25) is 14.2 Å². The SMILES string of the molecule is Cc1cc(S(=O)(=O)Nc2ccc(S(=O)(=O)Nc3ccccc3Cl)cc2)ccc1N1CCCC1=O. The van der Waals surface area contributed by atoms with Gasteiger partial charge in [0.15, 0.2) is 0 Å². The van der Waals surface area contributed by atoms with Crippen LogP contribution < -0.4 is 14.3 Å². The van der Waals surface area contributed by atoms with Crippen LogP contribution in [0, 0.1) is 6.92 Å². The second-order valence-electron chi connectivity index (χ2n) is 7.81. The second kappa shape index (κ2) is 9.28. The first-order valence-electron chi connectivity index (χ1n) is 10.4. The monoisotopic (exact) mass is 519 g/mol. The third kappa shape index (κ3) is 5.03. The van der Waals surface area contributed by atoms with Crippen molar-refractivity contribution in [1.29, 1.82) is 0 Å². The number of nitrogens with one attached hydrogen (secondary N) is 2. The van der Waals surface area contributed by atoms with Crippen LogP contribution in [0.3, 0.4) is 0 Å². The summed E-state index contributed by atoms with van der Waals surface area (Å²) in [4.78, 5) is 13.7. The first-order valence-corrected chi connectivity index (χ1v) is 13.7. The Morgan fingerprint density at radius 1 is 0.853 bits per heavy atom. The number of rotatable bonds is 7. The second-order valence-corrected chi connectivity index (χ2v) is 11.6. The Hall–Kier alpha value is -3.08. The van der Waals surface area contributed by atoms with Crippen molar-refractivity contribution in [3.8, 4) is 0 Å². The summed E-state index contributed by atoms with van der Waals surface area (Å²) in [5.41, 5.74) is 1.81.